The fourth-order valence-corrected chi connectivity index (χ4v) is 3.34. The molecule has 0 spiro atoms. The first-order chi connectivity index (χ1) is 8.47. The topological polar surface area (TPSA) is 21.3 Å². The molecule has 0 bridgehead atoms. The van der Waals surface area contributed by atoms with Gasteiger partial charge in [0.1, 0.15) is 0 Å². The molecule has 0 aliphatic carbocycles. The van der Waals surface area contributed by atoms with E-state index in [0.717, 1.165) is 19.7 Å². The second kappa shape index (κ2) is 5.72. The molecule has 1 N–H and O–H groups in total. The lowest BCUT2D eigenvalue weighted by Gasteiger charge is -2.15. The summed E-state index contributed by atoms with van der Waals surface area (Å²) in [7, 11) is 0. The molecule has 1 aromatic rings. The molecule has 1 aliphatic heterocycles. The molecule has 2 heterocycles. The van der Waals surface area contributed by atoms with Gasteiger partial charge >= 0.3 is 0 Å². The molecule has 1 fully saturated rings. The molecule has 102 valence electrons. The van der Waals surface area contributed by atoms with Gasteiger partial charge in [-0.25, -0.2) is 0 Å². The predicted octanol–water partition coefficient (Wildman–Crippen LogP) is 3.56. The maximum atomic E-state index is 5.58. The summed E-state index contributed by atoms with van der Waals surface area (Å²) in [6.07, 6.45) is 1.62. The van der Waals surface area contributed by atoms with Crippen molar-refractivity contribution in [1.82, 2.24) is 5.32 Å². The highest BCUT2D eigenvalue weighted by Gasteiger charge is 2.23. The summed E-state index contributed by atoms with van der Waals surface area (Å²) < 4.78 is 5.58. The molecule has 0 saturated carbocycles. The van der Waals surface area contributed by atoms with E-state index in [1.807, 2.05) is 11.3 Å². The number of thiophene rings is 1. The summed E-state index contributed by atoms with van der Waals surface area (Å²) in [6, 6.07) is 4.52. The summed E-state index contributed by atoms with van der Waals surface area (Å²) in [5, 5.41) is 3.57. The predicted molar refractivity (Wildman–Crippen MR) is 78.2 cm³/mol. The fraction of sp³-hybridized carbons (Fsp3) is 0.733. The number of hydrogen-bond donors (Lipinski definition) is 1. The molecule has 1 saturated heterocycles. The van der Waals surface area contributed by atoms with E-state index in [2.05, 4.69) is 45.1 Å². The Bertz CT molecular complexity index is 380. The van der Waals surface area contributed by atoms with Crippen molar-refractivity contribution in [3.05, 3.63) is 21.9 Å². The Morgan fingerprint density at radius 1 is 1.39 bits per heavy atom. The average Bonchev–Trinajstić information content (AvgIpc) is 2.88. The number of hydrogen-bond acceptors (Lipinski definition) is 3. The highest BCUT2D eigenvalue weighted by Crippen LogP contribution is 2.29. The van der Waals surface area contributed by atoms with Crippen molar-refractivity contribution in [2.45, 2.75) is 52.2 Å². The van der Waals surface area contributed by atoms with Crippen molar-refractivity contribution < 1.29 is 4.74 Å². The highest BCUT2D eigenvalue weighted by molar-refractivity contribution is 7.12. The Kier molecular flexibility index (Phi) is 4.46. The zero-order valence-corrected chi connectivity index (χ0v) is 12.8. The first kappa shape index (κ1) is 14.0. The molecule has 3 heteroatoms. The molecule has 1 aromatic heterocycles. The molecule has 1 aliphatic rings. The van der Waals surface area contributed by atoms with Crippen LogP contribution in [0, 0.1) is 5.92 Å². The number of nitrogens with one attached hydrogen (secondary N) is 1. The van der Waals surface area contributed by atoms with Crippen molar-refractivity contribution in [2.24, 2.45) is 5.92 Å². The molecule has 0 aromatic carbocycles. The van der Waals surface area contributed by atoms with E-state index >= 15 is 0 Å². The van der Waals surface area contributed by atoms with Crippen LogP contribution in [0.5, 0.6) is 0 Å². The Balaban J connectivity index is 1.78. The molecule has 18 heavy (non-hydrogen) atoms. The normalized spacial score (nSPS) is 24.7. The number of ether oxygens (including phenoxy) is 1. The van der Waals surface area contributed by atoms with Crippen LogP contribution >= 0.6 is 11.3 Å². The largest absolute Gasteiger partial charge is 0.378 e. The van der Waals surface area contributed by atoms with Gasteiger partial charge in [0.15, 0.2) is 0 Å². The highest BCUT2D eigenvalue weighted by atomic mass is 32.1. The van der Waals surface area contributed by atoms with Gasteiger partial charge in [0, 0.05) is 29.5 Å². The average molecular weight is 267 g/mol. The summed E-state index contributed by atoms with van der Waals surface area (Å²) in [5.41, 5.74) is 0.275. The molecule has 2 unspecified atom stereocenters. The molecule has 0 radical (unpaired) electrons. The van der Waals surface area contributed by atoms with E-state index < -0.39 is 0 Å². The van der Waals surface area contributed by atoms with E-state index in [1.54, 1.807) is 0 Å². The molecular formula is C15H25NOS. The molecule has 2 atom stereocenters. The van der Waals surface area contributed by atoms with Crippen LogP contribution < -0.4 is 5.32 Å². The first-order valence-electron chi connectivity index (χ1n) is 6.88. The van der Waals surface area contributed by atoms with Crippen LogP contribution in [-0.2, 0) is 16.7 Å². The Morgan fingerprint density at radius 2 is 2.17 bits per heavy atom. The van der Waals surface area contributed by atoms with Gasteiger partial charge in [0.25, 0.3) is 0 Å². The second-order valence-corrected chi connectivity index (χ2v) is 7.44. The summed E-state index contributed by atoms with van der Waals surface area (Å²) >= 11 is 1.93. The Hall–Kier alpha value is -0.380. The van der Waals surface area contributed by atoms with Crippen molar-refractivity contribution in [2.75, 3.05) is 13.2 Å². The molecule has 2 rings (SSSR count). The van der Waals surface area contributed by atoms with Gasteiger partial charge in [-0.05, 0) is 36.8 Å². The Labute approximate surface area is 115 Å². The van der Waals surface area contributed by atoms with E-state index in [0.29, 0.717) is 12.0 Å². The lowest BCUT2D eigenvalue weighted by atomic mass is 9.95. The van der Waals surface area contributed by atoms with Crippen LogP contribution in [0.2, 0.25) is 0 Å². The smallest absolute Gasteiger partial charge is 0.0588 e. The minimum atomic E-state index is 0.275. The summed E-state index contributed by atoms with van der Waals surface area (Å²) in [4.78, 5) is 2.91. The minimum absolute atomic E-state index is 0.275. The van der Waals surface area contributed by atoms with E-state index in [-0.39, 0.29) is 5.41 Å². The van der Waals surface area contributed by atoms with Crippen molar-refractivity contribution in [3.63, 3.8) is 0 Å². The third kappa shape index (κ3) is 3.56. The van der Waals surface area contributed by atoms with Gasteiger partial charge in [-0.15, -0.1) is 11.3 Å². The van der Waals surface area contributed by atoms with Crippen LogP contribution in [0.4, 0.5) is 0 Å². The van der Waals surface area contributed by atoms with Gasteiger partial charge in [-0.3, -0.25) is 0 Å². The first-order valence-corrected chi connectivity index (χ1v) is 7.70. The zero-order valence-electron chi connectivity index (χ0n) is 12.0. The maximum absolute atomic E-state index is 5.58. The van der Waals surface area contributed by atoms with Crippen LogP contribution in [0.25, 0.3) is 0 Å². The molecule has 0 amide bonds. The van der Waals surface area contributed by atoms with E-state index in [9.17, 15) is 0 Å². The summed E-state index contributed by atoms with van der Waals surface area (Å²) in [6.45, 7) is 12.0. The van der Waals surface area contributed by atoms with Crippen LogP contribution in [-0.4, -0.2) is 19.3 Å². The van der Waals surface area contributed by atoms with Gasteiger partial charge in [0.2, 0.25) is 0 Å². The second-order valence-electron chi connectivity index (χ2n) is 6.27. The van der Waals surface area contributed by atoms with Gasteiger partial charge < -0.3 is 10.1 Å². The third-order valence-corrected chi connectivity index (χ3v) is 5.15. The van der Waals surface area contributed by atoms with Crippen molar-refractivity contribution >= 4 is 11.3 Å². The van der Waals surface area contributed by atoms with E-state index in [4.69, 9.17) is 4.74 Å². The standard InChI is InChI=1S/C15H25NOS/c1-11-12(7-8-17-11)9-16-10-13-5-6-14(18-13)15(2,3)4/h5-6,11-12,16H,7-10H2,1-4H3. The zero-order chi connectivity index (χ0) is 13.2. The quantitative estimate of drug-likeness (QED) is 0.900. The monoisotopic (exact) mass is 267 g/mol. The molecular weight excluding hydrogens is 242 g/mol. The summed E-state index contributed by atoms with van der Waals surface area (Å²) in [5.74, 6) is 0.687. The van der Waals surface area contributed by atoms with Crippen LogP contribution in [0.3, 0.4) is 0 Å². The third-order valence-electron chi connectivity index (χ3n) is 3.64. The molecule has 2 nitrogen and oxygen atoms in total. The SMILES string of the molecule is CC1OCCC1CNCc1ccc(C(C)(C)C)s1. The van der Waals surface area contributed by atoms with Gasteiger partial charge in [-0.2, -0.15) is 0 Å². The van der Waals surface area contributed by atoms with Crippen LogP contribution in [0.1, 0.15) is 43.9 Å². The van der Waals surface area contributed by atoms with Crippen molar-refractivity contribution in [3.8, 4) is 0 Å². The maximum Gasteiger partial charge on any atom is 0.0588 e. The van der Waals surface area contributed by atoms with Crippen LogP contribution in [0.15, 0.2) is 12.1 Å². The van der Waals surface area contributed by atoms with Crippen molar-refractivity contribution in [1.29, 1.82) is 0 Å². The fourth-order valence-electron chi connectivity index (χ4n) is 2.30. The Morgan fingerprint density at radius 3 is 2.72 bits per heavy atom. The lowest BCUT2D eigenvalue weighted by Crippen LogP contribution is -2.26. The minimum Gasteiger partial charge on any atom is -0.378 e. The van der Waals surface area contributed by atoms with Gasteiger partial charge in [0.05, 0.1) is 6.10 Å². The lowest BCUT2D eigenvalue weighted by molar-refractivity contribution is 0.105. The number of rotatable bonds is 4. The van der Waals surface area contributed by atoms with Gasteiger partial charge in [-0.1, -0.05) is 20.8 Å². The van der Waals surface area contributed by atoms with E-state index in [1.165, 1.54) is 16.2 Å².